The molecule has 6 heteroatoms. The molecule has 1 amide bonds. The number of rotatable bonds is 5. The molecular formula is C19H26N4O2. The molecule has 134 valence electrons. The van der Waals surface area contributed by atoms with Gasteiger partial charge in [0, 0.05) is 39.6 Å². The van der Waals surface area contributed by atoms with Crippen molar-refractivity contribution in [3.05, 3.63) is 48.3 Å². The van der Waals surface area contributed by atoms with Gasteiger partial charge in [0.2, 0.25) is 0 Å². The third-order valence-corrected chi connectivity index (χ3v) is 4.86. The van der Waals surface area contributed by atoms with E-state index in [-0.39, 0.29) is 5.91 Å². The monoisotopic (exact) mass is 342 g/mol. The van der Waals surface area contributed by atoms with Gasteiger partial charge in [0.1, 0.15) is 5.75 Å². The maximum atomic E-state index is 13.0. The number of carbonyl (C=O) groups excluding carboxylic acids is 1. The minimum atomic E-state index is -0.627. The molecule has 0 N–H and O–H groups in total. The summed E-state index contributed by atoms with van der Waals surface area (Å²) >= 11 is 0. The second-order valence-corrected chi connectivity index (χ2v) is 6.84. The van der Waals surface area contributed by atoms with Crippen molar-refractivity contribution in [2.75, 3.05) is 34.3 Å². The molecule has 1 aliphatic rings. The Morgan fingerprint density at radius 2 is 2.08 bits per heavy atom. The number of likely N-dealkylation sites (tertiary alicyclic amines) is 1. The minimum Gasteiger partial charge on any atom is -0.497 e. The lowest BCUT2D eigenvalue weighted by atomic mass is 9.87. The molecule has 0 saturated carbocycles. The van der Waals surface area contributed by atoms with Crippen molar-refractivity contribution < 1.29 is 9.53 Å². The van der Waals surface area contributed by atoms with E-state index in [9.17, 15) is 4.79 Å². The summed E-state index contributed by atoms with van der Waals surface area (Å²) in [6, 6.07) is 10.00. The third kappa shape index (κ3) is 3.54. The Hall–Kier alpha value is -2.34. The summed E-state index contributed by atoms with van der Waals surface area (Å²) in [6.07, 6.45) is 5.42. The van der Waals surface area contributed by atoms with E-state index in [0.717, 1.165) is 31.7 Å². The molecular weight excluding hydrogens is 316 g/mol. The van der Waals surface area contributed by atoms with Gasteiger partial charge in [-0.1, -0.05) is 12.1 Å². The smallest absolute Gasteiger partial charge is 0.251 e. The van der Waals surface area contributed by atoms with Gasteiger partial charge in [0.05, 0.1) is 7.11 Å². The van der Waals surface area contributed by atoms with Crippen LogP contribution in [0.1, 0.15) is 18.4 Å². The molecule has 1 saturated heterocycles. The lowest BCUT2D eigenvalue weighted by Crippen LogP contribution is -2.58. The zero-order valence-electron chi connectivity index (χ0n) is 15.2. The number of hydrogen-bond donors (Lipinski definition) is 0. The fourth-order valence-electron chi connectivity index (χ4n) is 3.65. The average molecular weight is 342 g/mol. The summed E-state index contributed by atoms with van der Waals surface area (Å²) in [5.74, 6) is 0.965. The van der Waals surface area contributed by atoms with Crippen LogP contribution in [-0.4, -0.2) is 59.8 Å². The molecule has 25 heavy (non-hydrogen) atoms. The third-order valence-electron chi connectivity index (χ3n) is 4.86. The molecule has 1 aliphatic heterocycles. The fourth-order valence-corrected chi connectivity index (χ4v) is 3.65. The molecule has 1 aromatic carbocycles. The van der Waals surface area contributed by atoms with Crippen molar-refractivity contribution in [3.8, 4) is 5.75 Å². The number of amides is 1. The normalized spacial score (nSPS) is 21.1. The van der Waals surface area contributed by atoms with Crippen LogP contribution in [-0.2, 0) is 16.9 Å². The van der Waals surface area contributed by atoms with E-state index in [2.05, 4.69) is 22.1 Å². The van der Waals surface area contributed by atoms with E-state index in [1.807, 2.05) is 43.2 Å². The highest BCUT2D eigenvalue weighted by Crippen LogP contribution is 2.31. The summed E-state index contributed by atoms with van der Waals surface area (Å²) in [5.41, 5.74) is 0.590. The lowest BCUT2D eigenvalue weighted by molar-refractivity contribution is -0.142. The van der Waals surface area contributed by atoms with E-state index in [0.29, 0.717) is 6.54 Å². The first-order valence-electron chi connectivity index (χ1n) is 8.62. The maximum absolute atomic E-state index is 13.0. The Bertz CT molecular complexity index is 697. The Morgan fingerprint density at radius 1 is 1.32 bits per heavy atom. The van der Waals surface area contributed by atoms with Gasteiger partial charge in [0.25, 0.3) is 5.91 Å². The van der Waals surface area contributed by atoms with E-state index in [4.69, 9.17) is 4.74 Å². The number of piperidine rings is 1. The molecule has 2 aromatic rings. The van der Waals surface area contributed by atoms with Crippen molar-refractivity contribution in [3.63, 3.8) is 0 Å². The van der Waals surface area contributed by atoms with Crippen LogP contribution in [0.4, 0.5) is 0 Å². The predicted octanol–water partition coefficient (Wildman–Crippen LogP) is 1.97. The largest absolute Gasteiger partial charge is 0.497 e. The topological polar surface area (TPSA) is 50.6 Å². The predicted molar refractivity (Wildman–Crippen MR) is 96.4 cm³/mol. The lowest BCUT2D eigenvalue weighted by Gasteiger charge is -2.43. The molecule has 0 spiro atoms. The summed E-state index contributed by atoms with van der Waals surface area (Å²) in [6.45, 7) is 2.46. The summed E-state index contributed by atoms with van der Waals surface area (Å²) in [4.78, 5) is 17.0. The highest BCUT2D eigenvalue weighted by atomic mass is 16.5. The Labute approximate surface area is 149 Å². The van der Waals surface area contributed by atoms with Gasteiger partial charge in [-0.05, 0) is 43.1 Å². The van der Waals surface area contributed by atoms with Gasteiger partial charge in [-0.15, -0.1) is 0 Å². The number of benzene rings is 1. The standard InChI is InChI=1S/C19H26N4O2/c1-21(2)18(24)19(23-13-5-11-20-23)10-4-12-22(15-19)14-16-6-8-17(25-3)9-7-16/h5-9,11,13H,4,10,12,14-15H2,1-3H3. The fraction of sp³-hybridized carbons (Fsp3) is 0.474. The number of hydrogen-bond acceptors (Lipinski definition) is 4. The average Bonchev–Trinajstić information content (AvgIpc) is 3.17. The minimum absolute atomic E-state index is 0.107. The number of aromatic nitrogens is 2. The Morgan fingerprint density at radius 3 is 2.68 bits per heavy atom. The highest BCUT2D eigenvalue weighted by molar-refractivity contribution is 5.84. The maximum Gasteiger partial charge on any atom is 0.251 e. The van der Waals surface area contributed by atoms with Crippen molar-refractivity contribution in [2.45, 2.75) is 24.9 Å². The van der Waals surface area contributed by atoms with Crippen LogP contribution in [0.3, 0.4) is 0 Å². The second-order valence-electron chi connectivity index (χ2n) is 6.84. The number of carbonyl (C=O) groups is 1. The summed E-state index contributed by atoms with van der Waals surface area (Å²) in [5, 5.41) is 4.41. The number of nitrogens with zero attached hydrogens (tertiary/aromatic N) is 4. The summed E-state index contributed by atoms with van der Waals surface area (Å²) < 4.78 is 7.07. The van der Waals surface area contributed by atoms with Gasteiger partial charge < -0.3 is 9.64 Å². The zero-order chi connectivity index (χ0) is 17.9. The Kier molecular flexibility index (Phi) is 5.08. The van der Waals surface area contributed by atoms with Crippen LogP contribution in [0.2, 0.25) is 0 Å². The van der Waals surface area contributed by atoms with Gasteiger partial charge >= 0.3 is 0 Å². The SMILES string of the molecule is COc1ccc(CN2CCCC(C(=O)N(C)C)(n3cccn3)C2)cc1. The molecule has 1 unspecified atom stereocenters. The number of methoxy groups -OCH3 is 1. The van der Waals surface area contributed by atoms with Gasteiger partial charge in [-0.25, -0.2) is 0 Å². The molecule has 1 aromatic heterocycles. The van der Waals surface area contributed by atoms with Gasteiger partial charge in [-0.2, -0.15) is 5.10 Å². The molecule has 0 aliphatic carbocycles. The zero-order valence-corrected chi connectivity index (χ0v) is 15.2. The molecule has 3 rings (SSSR count). The van der Waals surface area contributed by atoms with Crippen LogP contribution in [0, 0.1) is 0 Å². The van der Waals surface area contributed by atoms with Gasteiger partial charge in [0.15, 0.2) is 5.54 Å². The Balaban J connectivity index is 1.82. The van der Waals surface area contributed by atoms with Crippen molar-refractivity contribution in [2.24, 2.45) is 0 Å². The van der Waals surface area contributed by atoms with E-state index < -0.39 is 5.54 Å². The second kappa shape index (κ2) is 7.27. The van der Waals surface area contributed by atoms with Crippen molar-refractivity contribution in [1.29, 1.82) is 0 Å². The van der Waals surface area contributed by atoms with E-state index >= 15 is 0 Å². The molecule has 0 radical (unpaired) electrons. The van der Waals surface area contributed by atoms with Crippen molar-refractivity contribution >= 4 is 5.91 Å². The van der Waals surface area contributed by atoms with Crippen molar-refractivity contribution in [1.82, 2.24) is 19.6 Å². The first kappa shape index (κ1) is 17.5. The number of ether oxygens (including phenoxy) is 1. The molecule has 0 bridgehead atoms. The van der Waals surface area contributed by atoms with E-state index in [1.54, 1.807) is 18.2 Å². The first-order valence-corrected chi connectivity index (χ1v) is 8.62. The molecule has 1 atom stereocenters. The molecule has 6 nitrogen and oxygen atoms in total. The highest BCUT2D eigenvalue weighted by Gasteiger charge is 2.45. The quantitative estimate of drug-likeness (QED) is 0.834. The van der Waals surface area contributed by atoms with Gasteiger partial charge in [-0.3, -0.25) is 14.4 Å². The van der Waals surface area contributed by atoms with Crippen LogP contribution in [0.5, 0.6) is 5.75 Å². The first-order chi connectivity index (χ1) is 12.0. The van der Waals surface area contributed by atoms with Crippen LogP contribution < -0.4 is 4.74 Å². The number of likely N-dealkylation sites (N-methyl/N-ethyl adjacent to an activating group) is 1. The van der Waals surface area contributed by atoms with E-state index in [1.165, 1.54) is 5.56 Å². The van der Waals surface area contributed by atoms with Crippen LogP contribution in [0.15, 0.2) is 42.7 Å². The van der Waals surface area contributed by atoms with Crippen LogP contribution >= 0.6 is 0 Å². The molecule has 2 heterocycles. The summed E-state index contributed by atoms with van der Waals surface area (Å²) in [7, 11) is 5.30. The van der Waals surface area contributed by atoms with Crippen LogP contribution in [0.25, 0.3) is 0 Å². The molecule has 1 fully saturated rings.